The lowest BCUT2D eigenvalue weighted by Crippen LogP contribution is -2.48. The third-order valence-corrected chi connectivity index (χ3v) is 3.24. The number of halogens is 1. The zero-order valence-electron chi connectivity index (χ0n) is 9.69. The molecule has 0 saturated carbocycles. The average molecular weight is 255 g/mol. The third-order valence-electron chi connectivity index (χ3n) is 3.01. The largest absolute Gasteiger partial charge is 0.392 e. The third kappa shape index (κ3) is 2.53. The Morgan fingerprint density at radius 1 is 1.41 bits per heavy atom. The molecule has 1 aromatic rings. The van der Waals surface area contributed by atoms with E-state index in [9.17, 15) is 9.90 Å². The Balaban J connectivity index is 2.25. The summed E-state index contributed by atoms with van der Waals surface area (Å²) in [4.78, 5) is 15.3. The van der Waals surface area contributed by atoms with E-state index in [4.69, 9.17) is 11.6 Å². The maximum Gasteiger partial charge on any atom is 0.241 e. The molecule has 1 aromatic carbocycles. The second-order valence-corrected chi connectivity index (χ2v) is 4.60. The van der Waals surface area contributed by atoms with Crippen LogP contribution in [0.25, 0.3) is 0 Å². The number of likely N-dealkylation sites (N-methyl/N-ethyl adjacent to an activating group) is 1. The van der Waals surface area contributed by atoms with Gasteiger partial charge in [-0.3, -0.25) is 4.79 Å². The lowest BCUT2D eigenvalue weighted by Gasteiger charge is -2.34. The number of piperazine rings is 1. The molecule has 17 heavy (non-hydrogen) atoms. The van der Waals surface area contributed by atoms with Crippen LogP contribution < -0.4 is 4.90 Å². The summed E-state index contributed by atoms with van der Waals surface area (Å²) in [5.74, 6) is 0.0927. The van der Waals surface area contributed by atoms with Crippen LogP contribution in [0, 0.1) is 0 Å². The van der Waals surface area contributed by atoms with E-state index in [1.54, 1.807) is 24.1 Å². The molecule has 0 aliphatic carbocycles. The number of hydrogen-bond donors (Lipinski definition) is 1. The van der Waals surface area contributed by atoms with Crippen molar-refractivity contribution >= 4 is 23.2 Å². The van der Waals surface area contributed by atoms with Gasteiger partial charge in [-0.25, -0.2) is 0 Å². The number of benzene rings is 1. The summed E-state index contributed by atoms with van der Waals surface area (Å²) in [6, 6.07) is 5.37. The van der Waals surface area contributed by atoms with Gasteiger partial charge < -0.3 is 14.9 Å². The van der Waals surface area contributed by atoms with Gasteiger partial charge in [-0.1, -0.05) is 11.6 Å². The van der Waals surface area contributed by atoms with Crippen molar-refractivity contribution in [2.24, 2.45) is 0 Å². The van der Waals surface area contributed by atoms with E-state index in [2.05, 4.69) is 0 Å². The van der Waals surface area contributed by atoms with Crippen LogP contribution in [0.2, 0.25) is 5.02 Å². The highest BCUT2D eigenvalue weighted by atomic mass is 35.5. The number of anilines is 1. The molecule has 0 unspecified atom stereocenters. The Morgan fingerprint density at radius 2 is 2.18 bits per heavy atom. The minimum atomic E-state index is -0.0730. The van der Waals surface area contributed by atoms with Gasteiger partial charge in [-0.05, 0) is 18.2 Å². The van der Waals surface area contributed by atoms with E-state index in [0.29, 0.717) is 18.1 Å². The molecule has 0 aromatic heterocycles. The number of nitrogens with zero attached hydrogens (tertiary/aromatic N) is 2. The van der Waals surface area contributed by atoms with Crippen LogP contribution in [0.3, 0.4) is 0 Å². The minimum absolute atomic E-state index is 0.0730. The van der Waals surface area contributed by atoms with Crippen LogP contribution in [-0.4, -0.2) is 42.6 Å². The fraction of sp³-hybridized carbons (Fsp3) is 0.417. The molecule has 4 nitrogen and oxygen atoms in total. The number of aliphatic hydroxyl groups excluding tert-OH is 1. The molecule has 1 fully saturated rings. The molecule has 0 bridgehead atoms. The molecule has 1 heterocycles. The Morgan fingerprint density at radius 3 is 2.82 bits per heavy atom. The van der Waals surface area contributed by atoms with Crippen LogP contribution in [-0.2, 0) is 11.4 Å². The first-order valence-electron chi connectivity index (χ1n) is 5.50. The van der Waals surface area contributed by atoms with Crippen molar-refractivity contribution in [3.63, 3.8) is 0 Å². The Hall–Kier alpha value is -1.26. The summed E-state index contributed by atoms with van der Waals surface area (Å²) in [5.41, 5.74) is 1.65. The summed E-state index contributed by atoms with van der Waals surface area (Å²) in [6.45, 7) is 1.75. The van der Waals surface area contributed by atoms with Crippen molar-refractivity contribution in [2.45, 2.75) is 6.61 Å². The van der Waals surface area contributed by atoms with Gasteiger partial charge in [0.15, 0.2) is 0 Å². The molecule has 5 heteroatoms. The fourth-order valence-electron chi connectivity index (χ4n) is 1.95. The predicted octanol–water partition coefficient (Wildman–Crippen LogP) is 1.11. The van der Waals surface area contributed by atoms with Crippen LogP contribution in [0.4, 0.5) is 5.69 Å². The van der Waals surface area contributed by atoms with Crippen molar-refractivity contribution in [3.8, 4) is 0 Å². The fourth-order valence-corrected chi connectivity index (χ4v) is 2.15. The summed E-state index contributed by atoms with van der Waals surface area (Å²) in [5, 5.41) is 9.91. The van der Waals surface area contributed by atoms with Gasteiger partial charge in [-0.15, -0.1) is 0 Å². The second kappa shape index (κ2) is 4.94. The zero-order chi connectivity index (χ0) is 12.4. The summed E-state index contributed by atoms with van der Waals surface area (Å²) in [7, 11) is 1.80. The van der Waals surface area contributed by atoms with Crippen molar-refractivity contribution in [1.82, 2.24) is 4.90 Å². The van der Waals surface area contributed by atoms with Gasteiger partial charge in [-0.2, -0.15) is 0 Å². The lowest BCUT2D eigenvalue weighted by molar-refractivity contribution is -0.129. The van der Waals surface area contributed by atoms with E-state index < -0.39 is 0 Å². The summed E-state index contributed by atoms with van der Waals surface area (Å²) in [6.07, 6.45) is 0. The first-order chi connectivity index (χ1) is 8.11. The van der Waals surface area contributed by atoms with Gasteiger partial charge >= 0.3 is 0 Å². The normalized spacial score (nSPS) is 16.5. The van der Waals surface area contributed by atoms with E-state index in [1.165, 1.54) is 0 Å². The van der Waals surface area contributed by atoms with E-state index in [0.717, 1.165) is 17.8 Å². The van der Waals surface area contributed by atoms with Crippen LogP contribution in [0.15, 0.2) is 18.2 Å². The van der Waals surface area contributed by atoms with Gasteiger partial charge in [0.05, 0.1) is 13.2 Å². The first kappa shape index (κ1) is 12.2. The monoisotopic (exact) mass is 254 g/mol. The SMILES string of the molecule is CN1CCN(c2ccc(Cl)cc2CO)CC1=O. The smallest absolute Gasteiger partial charge is 0.241 e. The van der Waals surface area contributed by atoms with Crippen molar-refractivity contribution < 1.29 is 9.90 Å². The van der Waals surface area contributed by atoms with E-state index in [-0.39, 0.29) is 12.5 Å². The van der Waals surface area contributed by atoms with Crippen molar-refractivity contribution in [2.75, 3.05) is 31.6 Å². The average Bonchev–Trinajstić information content (AvgIpc) is 2.32. The highest BCUT2D eigenvalue weighted by Gasteiger charge is 2.22. The minimum Gasteiger partial charge on any atom is -0.392 e. The second-order valence-electron chi connectivity index (χ2n) is 4.17. The maximum absolute atomic E-state index is 11.6. The Bertz CT molecular complexity index is 437. The number of aliphatic hydroxyl groups is 1. The predicted molar refractivity (Wildman–Crippen MR) is 67.2 cm³/mol. The molecule has 1 saturated heterocycles. The van der Waals surface area contributed by atoms with Gasteiger partial charge in [0, 0.05) is 36.4 Å². The maximum atomic E-state index is 11.6. The van der Waals surface area contributed by atoms with Crippen LogP contribution >= 0.6 is 11.6 Å². The molecule has 1 aliphatic heterocycles. The molecule has 1 N–H and O–H groups in total. The Kier molecular flexibility index (Phi) is 3.54. The highest BCUT2D eigenvalue weighted by Crippen LogP contribution is 2.25. The summed E-state index contributed by atoms with van der Waals surface area (Å²) >= 11 is 5.88. The van der Waals surface area contributed by atoms with Gasteiger partial charge in [0.1, 0.15) is 0 Å². The summed E-state index contributed by atoms with van der Waals surface area (Å²) < 4.78 is 0. The molecule has 1 aliphatic rings. The molecular weight excluding hydrogens is 240 g/mol. The van der Waals surface area contributed by atoms with E-state index >= 15 is 0 Å². The lowest BCUT2D eigenvalue weighted by atomic mass is 10.1. The van der Waals surface area contributed by atoms with Crippen molar-refractivity contribution in [1.29, 1.82) is 0 Å². The van der Waals surface area contributed by atoms with E-state index in [1.807, 2.05) is 11.0 Å². The van der Waals surface area contributed by atoms with Crippen molar-refractivity contribution in [3.05, 3.63) is 28.8 Å². The molecule has 92 valence electrons. The van der Waals surface area contributed by atoms with Gasteiger partial charge in [0.25, 0.3) is 0 Å². The number of amides is 1. The topological polar surface area (TPSA) is 43.8 Å². The van der Waals surface area contributed by atoms with Crippen LogP contribution in [0.5, 0.6) is 0 Å². The zero-order valence-corrected chi connectivity index (χ0v) is 10.4. The molecule has 0 spiro atoms. The molecule has 0 radical (unpaired) electrons. The Labute approximate surface area is 105 Å². The number of carbonyl (C=O) groups is 1. The standard InChI is InChI=1S/C12H15ClN2O2/c1-14-4-5-15(7-12(14)17)11-3-2-10(13)6-9(11)8-16/h2-3,6,16H,4-5,7-8H2,1H3. The molecule has 2 rings (SSSR count). The van der Waals surface area contributed by atoms with Gasteiger partial charge in [0.2, 0.25) is 5.91 Å². The number of hydrogen-bond acceptors (Lipinski definition) is 3. The molecule has 1 amide bonds. The first-order valence-corrected chi connectivity index (χ1v) is 5.88. The highest BCUT2D eigenvalue weighted by molar-refractivity contribution is 6.30. The number of carbonyl (C=O) groups excluding carboxylic acids is 1. The molecular formula is C12H15ClN2O2. The van der Waals surface area contributed by atoms with Crippen LogP contribution in [0.1, 0.15) is 5.56 Å². The quantitative estimate of drug-likeness (QED) is 0.860. The molecule has 0 atom stereocenters. The number of rotatable bonds is 2.